The number of nitrogens with zero attached hydrogens (tertiary/aromatic N) is 5. The Bertz CT molecular complexity index is 966. The Kier molecular flexibility index (Phi) is 4.53. The van der Waals surface area contributed by atoms with Crippen molar-refractivity contribution in [3.05, 3.63) is 47.7 Å². The molecule has 3 aromatic rings. The van der Waals surface area contributed by atoms with Crippen LogP contribution in [0.5, 0.6) is 0 Å². The number of anilines is 1. The predicted octanol–water partition coefficient (Wildman–Crippen LogP) is 1.19. The van der Waals surface area contributed by atoms with Gasteiger partial charge in [-0.15, -0.1) is 6.42 Å². The minimum absolute atomic E-state index is 0.0567. The number of ether oxygens (including phenoxy) is 1. The molecule has 3 rings (SSSR count). The summed E-state index contributed by atoms with van der Waals surface area (Å²) in [6, 6.07) is 10.3. The number of rotatable bonds is 5. The maximum atomic E-state index is 11.9. The molecule has 0 bridgehead atoms. The summed E-state index contributed by atoms with van der Waals surface area (Å²) in [7, 11) is 0. The molecule has 0 unspecified atom stereocenters. The van der Waals surface area contributed by atoms with E-state index in [0.717, 1.165) is 4.79 Å². The lowest BCUT2D eigenvalue weighted by Crippen LogP contribution is -2.05. The number of nitrogens with two attached hydrogens (primary N) is 1. The van der Waals surface area contributed by atoms with E-state index in [1.54, 1.807) is 36.4 Å². The Balaban J connectivity index is 1.78. The number of benzene rings is 1. The predicted molar refractivity (Wildman–Crippen MR) is 88.5 cm³/mol. The lowest BCUT2D eigenvalue weighted by atomic mass is 10.1. The number of esters is 1. The third-order valence-electron chi connectivity index (χ3n) is 3.07. The molecule has 0 fully saturated rings. The van der Waals surface area contributed by atoms with Crippen LogP contribution in [0, 0.1) is 12.3 Å². The van der Waals surface area contributed by atoms with Gasteiger partial charge in [0, 0.05) is 5.56 Å². The largest absolute Gasteiger partial charge is 0.455 e. The van der Waals surface area contributed by atoms with Crippen molar-refractivity contribution in [1.29, 1.82) is 0 Å². The van der Waals surface area contributed by atoms with Crippen molar-refractivity contribution in [3.63, 3.8) is 0 Å². The van der Waals surface area contributed by atoms with E-state index in [-0.39, 0.29) is 12.6 Å². The average Bonchev–Trinajstić information content (AvgIpc) is 3.27. The first kappa shape index (κ1) is 15.9. The number of hydrogen-bond donors (Lipinski definition) is 1. The van der Waals surface area contributed by atoms with Crippen LogP contribution in [0.1, 0.15) is 16.1 Å². The molecule has 0 aliphatic rings. The molecule has 2 aromatic heterocycles. The minimum atomic E-state index is -0.498. The standard InChI is InChI=1S/C16H12N6O3/c1-2-8-24-15(23)12-5-3-4-11(9-12)14-7-6-13(25-14)10-18-22-16(17)19-20-21-22/h1,3-7,9-10H,8H2,(H2,17,19,21). The van der Waals surface area contributed by atoms with E-state index in [1.807, 2.05) is 0 Å². The van der Waals surface area contributed by atoms with Gasteiger partial charge in [0.1, 0.15) is 11.5 Å². The molecule has 0 saturated heterocycles. The van der Waals surface area contributed by atoms with Crippen LogP contribution in [0.15, 0.2) is 45.9 Å². The number of terminal acetylenes is 1. The zero-order valence-electron chi connectivity index (χ0n) is 12.9. The fourth-order valence-electron chi connectivity index (χ4n) is 1.95. The summed E-state index contributed by atoms with van der Waals surface area (Å²) in [6.45, 7) is -0.0787. The molecule has 25 heavy (non-hydrogen) atoms. The Morgan fingerprint density at radius 1 is 1.44 bits per heavy atom. The zero-order valence-corrected chi connectivity index (χ0v) is 12.9. The fourth-order valence-corrected chi connectivity index (χ4v) is 1.95. The van der Waals surface area contributed by atoms with Crippen LogP contribution in [0.2, 0.25) is 0 Å². The van der Waals surface area contributed by atoms with Crippen LogP contribution in [0.4, 0.5) is 5.95 Å². The smallest absolute Gasteiger partial charge is 0.339 e. The molecular weight excluding hydrogens is 324 g/mol. The molecule has 2 heterocycles. The number of nitrogen functional groups attached to an aromatic ring is 1. The third-order valence-corrected chi connectivity index (χ3v) is 3.07. The van der Waals surface area contributed by atoms with Gasteiger partial charge in [0.25, 0.3) is 5.95 Å². The Labute approximate surface area is 142 Å². The second-order valence-corrected chi connectivity index (χ2v) is 4.73. The van der Waals surface area contributed by atoms with Gasteiger partial charge in [0.2, 0.25) is 0 Å². The van der Waals surface area contributed by atoms with Gasteiger partial charge in [-0.25, -0.2) is 4.79 Å². The zero-order chi connectivity index (χ0) is 17.6. The van der Waals surface area contributed by atoms with Crippen molar-refractivity contribution < 1.29 is 13.9 Å². The van der Waals surface area contributed by atoms with Crippen LogP contribution in [-0.2, 0) is 4.74 Å². The molecule has 0 saturated carbocycles. The molecule has 0 radical (unpaired) electrons. The maximum absolute atomic E-state index is 11.9. The first-order valence-corrected chi connectivity index (χ1v) is 7.06. The molecule has 9 heteroatoms. The highest BCUT2D eigenvalue weighted by Crippen LogP contribution is 2.23. The second-order valence-electron chi connectivity index (χ2n) is 4.73. The van der Waals surface area contributed by atoms with Crippen molar-refractivity contribution >= 4 is 18.1 Å². The van der Waals surface area contributed by atoms with Gasteiger partial charge in [-0.3, -0.25) is 0 Å². The van der Waals surface area contributed by atoms with E-state index in [1.165, 1.54) is 6.21 Å². The molecular formula is C16H12N6O3. The summed E-state index contributed by atoms with van der Waals surface area (Å²) in [6.07, 6.45) is 6.49. The van der Waals surface area contributed by atoms with Gasteiger partial charge in [-0.2, -0.15) is 5.10 Å². The molecule has 0 aliphatic heterocycles. The summed E-state index contributed by atoms with van der Waals surface area (Å²) < 4.78 is 10.6. The normalized spacial score (nSPS) is 10.7. The summed E-state index contributed by atoms with van der Waals surface area (Å²) in [5, 5.41) is 14.4. The Hall–Kier alpha value is -3.93. The second kappa shape index (κ2) is 7.10. The summed E-state index contributed by atoms with van der Waals surface area (Å²) in [5.41, 5.74) is 6.59. The summed E-state index contributed by atoms with van der Waals surface area (Å²) in [5.74, 6) is 2.82. The van der Waals surface area contributed by atoms with Gasteiger partial charge >= 0.3 is 5.97 Å². The molecule has 124 valence electrons. The van der Waals surface area contributed by atoms with E-state index in [4.69, 9.17) is 21.3 Å². The van der Waals surface area contributed by atoms with Crippen molar-refractivity contribution in [2.75, 3.05) is 12.3 Å². The average molecular weight is 336 g/mol. The van der Waals surface area contributed by atoms with Crippen LogP contribution in [-0.4, -0.2) is 39.1 Å². The Morgan fingerprint density at radius 3 is 3.08 bits per heavy atom. The highest BCUT2D eigenvalue weighted by molar-refractivity contribution is 5.91. The molecule has 9 nitrogen and oxygen atoms in total. The molecule has 2 N–H and O–H groups in total. The number of carbonyl (C=O) groups excluding carboxylic acids is 1. The number of hydrogen-bond acceptors (Lipinski definition) is 8. The van der Waals surface area contributed by atoms with Gasteiger partial charge in [0.15, 0.2) is 6.61 Å². The number of carbonyl (C=O) groups is 1. The van der Waals surface area contributed by atoms with Crippen molar-refractivity contribution in [2.24, 2.45) is 5.10 Å². The summed E-state index contributed by atoms with van der Waals surface area (Å²) >= 11 is 0. The summed E-state index contributed by atoms with van der Waals surface area (Å²) in [4.78, 5) is 12.9. The van der Waals surface area contributed by atoms with Crippen LogP contribution in [0.25, 0.3) is 11.3 Å². The highest BCUT2D eigenvalue weighted by Gasteiger charge is 2.10. The third kappa shape index (κ3) is 3.70. The highest BCUT2D eigenvalue weighted by atomic mass is 16.5. The van der Waals surface area contributed by atoms with Crippen LogP contribution >= 0.6 is 0 Å². The molecule has 0 aliphatic carbocycles. The number of tetrazole rings is 1. The molecule has 1 aromatic carbocycles. The van der Waals surface area contributed by atoms with Crippen LogP contribution in [0.3, 0.4) is 0 Å². The van der Waals surface area contributed by atoms with Crippen molar-refractivity contribution in [3.8, 4) is 23.7 Å². The van der Waals surface area contributed by atoms with Crippen molar-refractivity contribution in [2.45, 2.75) is 0 Å². The van der Waals surface area contributed by atoms with E-state index < -0.39 is 5.97 Å². The maximum Gasteiger partial charge on any atom is 0.339 e. The van der Waals surface area contributed by atoms with Gasteiger partial charge in [0.05, 0.1) is 11.8 Å². The SMILES string of the molecule is C#CCOC(=O)c1cccc(-c2ccc(C=Nn3nnnc3N)o2)c1. The van der Waals surface area contributed by atoms with Gasteiger partial charge in [-0.1, -0.05) is 27.9 Å². The molecule has 0 spiro atoms. The topological polar surface area (TPSA) is 121 Å². The monoisotopic (exact) mass is 336 g/mol. The van der Waals surface area contributed by atoms with Crippen molar-refractivity contribution in [1.82, 2.24) is 20.3 Å². The van der Waals surface area contributed by atoms with Gasteiger partial charge < -0.3 is 14.9 Å². The van der Waals surface area contributed by atoms with E-state index in [9.17, 15) is 4.79 Å². The minimum Gasteiger partial charge on any atom is -0.455 e. The lowest BCUT2D eigenvalue weighted by molar-refractivity contribution is 0.0557. The molecule has 0 amide bonds. The number of furan rings is 1. The first-order chi connectivity index (χ1) is 12.2. The van der Waals surface area contributed by atoms with Crippen LogP contribution < -0.4 is 5.73 Å². The number of aromatic nitrogens is 4. The first-order valence-electron chi connectivity index (χ1n) is 7.06. The van der Waals surface area contributed by atoms with E-state index in [2.05, 4.69) is 26.5 Å². The quantitative estimate of drug-likeness (QED) is 0.422. The Morgan fingerprint density at radius 2 is 2.32 bits per heavy atom. The van der Waals surface area contributed by atoms with E-state index in [0.29, 0.717) is 22.6 Å². The van der Waals surface area contributed by atoms with E-state index >= 15 is 0 Å². The fraction of sp³-hybridized carbons (Fsp3) is 0.0625. The molecule has 0 atom stereocenters. The lowest BCUT2D eigenvalue weighted by Gasteiger charge is -2.03. The van der Waals surface area contributed by atoms with Gasteiger partial charge in [-0.05, 0) is 34.7 Å².